The van der Waals surface area contributed by atoms with Gasteiger partial charge in [0.25, 0.3) is 5.91 Å². The molecule has 0 saturated carbocycles. The maximum atomic E-state index is 12.0. The number of carbonyl (C=O) groups excluding carboxylic acids is 1. The molecule has 4 heteroatoms. The first kappa shape index (κ1) is 14.1. The maximum Gasteiger partial charge on any atom is 0.251 e. The largest absolute Gasteiger partial charge is 0.348 e. The molecule has 0 heterocycles. The van der Waals surface area contributed by atoms with Crippen molar-refractivity contribution in [1.82, 2.24) is 5.32 Å². The van der Waals surface area contributed by atoms with E-state index in [2.05, 4.69) is 21.2 Å². The van der Waals surface area contributed by atoms with E-state index in [4.69, 9.17) is 11.6 Å². The highest BCUT2D eigenvalue weighted by Crippen LogP contribution is 2.17. The third-order valence-corrected chi connectivity index (χ3v) is 3.89. The van der Waals surface area contributed by atoms with Gasteiger partial charge in [-0.2, -0.15) is 0 Å². The van der Waals surface area contributed by atoms with Crippen LogP contribution in [0.1, 0.15) is 21.5 Å². The SMILES string of the molecule is Cc1cc(C(=O)NCc2cccc(Cl)c2)ccc1Br. The van der Waals surface area contributed by atoms with Crippen LogP contribution in [-0.4, -0.2) is 5.91 Å². The normalized spacial score (nSPS) is 10.3. The number of halogens is 2. The number of aryl methyl sites for hydroxylation is 1. The van der Waals surface area contributed by atoms with E-state index >= 15 is 0 Å². The van der Waals surface area contributed by atoms with E-state index in [-0.39, 0.29) is 5.91 Å². The molecule has 0 aliphatic carbocycles. The second-order valence-corrected chi connectivity index (χ2v) is 5.57. The summed E-state index contributed by atoms with van der Waals surface area (Å²) in [6.45, 7) is 2.42. The number of rotatable bonds is 3. The van der Waals surface area contributed by atoms with E-state index in [9.17, 15) is 4.79 Å². The van der Waals surface area contributed by atoms with Gasteiger partial charge in [-0.15, -0.1) is 0 Å². The van der Waals surface area contributed by atoms with Crippen LogP contribution in [0.5, 0.6) is 0 Å². The lowest BCUT2D eigenvalue weighted by Gasteiger charge is -2.07. The Morgan fingerprint density at radius 2 is 2.05 bits per heavy atom. The number of hydrogen-bond donors (Lipinski definition) is 1. The van der Waals surface area contributed by atoms with Crippen molar-refractivity contribution in [2.75, 3.05) is 0 Å². The molecule has 2 aromatic rings. The molecule has 0 aromatic heterocycles. The molecule has 0 unspecified atom stereocenters. The van der Waals surface area contributed by atoms with Gasteiger partial charge in [0, 0.05) is 21.6 Å². The van der Waals surface area contributed by atoms with Gasteiger partial charge < -0.3 is 5.32 Å². The van der Waals surface area contributed by atoms with Gasteiger partial charge in [-0.3, -0.25) is 4.79 Å². The zero-order valence-electron chi connectivity index (χ0n) is 10.4. The van der Waals surface area contributed by atoms with E-state index in [0.29, 0.717) is 17.1 Å². The van der Waals surface area contributed by atoms with Crippen LogP contribution in [0.2, 0.25) is 5.02 Å². The molecule has 98 valence electrons. The first-order valence-electron chi connectivity index (χ1n) is 5.85. The number of amides is 1. The summed E-state index contributed by atoms with van der Waals surface area (Å²) in [6, 6.07) is 13.0. The van der Waals surface area contributed by atoms with Crippen LogP contribution >= 0.6 is 27.5 Å². The molecule has 0 bridgehead atoms. The fourth-order valence-corrected chi connectivity index (χ4v) is 2.18. The minimum atomic E-state index is -0.0874. The van der Waals surface area contributed by atoms with Crippen molar-refractivity contribution >= 4 is 33.4 Å². The van der Waals surface area contributed by atoms with Crippen molar-refractivity contribution in [3.8, 4) is 0 Å². The van der Waals surface area contributed by atoms with Crippen LogP contribution in [-0.2, 0) is 6.54 Å². The summed E-state index contributed by atoms with van der Waals surface area (Å²) < 4.78 is 0.999. The second kappa shape index (κ2) is 6.22. The van der Waals surface area contributed by atoms with Gasteiger partial charge in [-0.1, -0.05) is 39.7 Å². The quantitative estimate of drug-likeness (QED) is 0.886. The summed E-state index contributed by atoms with van der Waals surface area (Å²) in [5.41, 5.74) is 2.67. The number of carbonyl (C=O) groups is 1. The Balaban J connectivity index is 2.03. The molecule has 19 heavy (non-hydrogen) atoms. The lowest BCUT2D eigenvalue weighted by atomic mass is 10.1. The molecule has 0 spiro atoms. The smallest absolute Gasteiger partial charge is 0.251 e. The Morgan fingerprint density at radius 1 is 1.26 bits per heavy atom. The highest BCUT2D eigenvalue weighted by Gasteiger charge is 2.06. The Kier molecular flexibility index (Phi) is 4.61. The van der Waals surface area contributed by atoms with E-state index in [1.807, 2.05) is 43.3 Å². The maximum absolute atomic E-state index is 12.0. The monoisotopic (exact) mass is 337 g/mol. The topological polar surface area (TPSA) is 29.1 Å². The molecule has 0 aliphatic heterocycles. The number of hydrogen-bond acceptors (Lipinski definition) is 1. The molecule has 0 radical (unpaired) electrons. The van der Waals surface area contributed by atoms with Crippen molar-refractivity contribution < 1.29 is 4.79 Å². The van der Waals surface area contributed by atoms with Crippen LogP contribution < -0.4 is 5.32 Å². The Labute approximate surface area is 125 Å². The number of benzene rings is 2. The molecule has 2 rings (SSSR count). The predicted octanol–water partition coefficient (Wildman–Crippen LogP) is 4.34. The van der Waals surface area contributed by atoms with E-state index < -0.39 is 0 Å². The molecule has 0 fully saturated rings. The molecule has 1 amide bonds. The number of nitrogens with one attached hydrogen (secondary N) is 1. The van der Waals surface area contributed by atoms with Gasteiger partial charge >= 0.3 is 0 Å². The van der Waals surface area contributed by atoms with Crippen molar-refractivity contribution in [3.05, 3.63) is 68.7 Å². The van der Waals surface area contributed by atoms with Crippen molar-refractivity contribution in [3.63, 3.8) is 0 Å². The summed E-state index contributed by atoms with van der Waals surface area (Å²) >= 11 is 9.31. The van der Waals surface area contributed by atoms with E-state index in [1.165, 1.54) is 0 Å². The second-order valence-electron chi connectivity index (χ2n) is 4.28. The minimum Gasteiger partial charge on any atom is -0.348 e. The molecule has 1 N–H and O–H groups in total. The molecule has 2 nitrogen and oxygen atoms in total. The van der Waals surface area contributed by atoms with E-state index in [0.717, 1.165) is 15.6 Å². The van der Waals surface area contributed by atoms with Gasteiger partial charge in [0.05, 0.1) is 0 Å². The minimum absolute atomic E-state index is 0.0874. The average Bonchev–Trinajstić information content (AvgIpc) is 2.39. The third-order valence-electron chi connectivity index (χ3n) is 2.76. The summed E-state index contributed by atoms with van der Waals surface area (Å²) in [7, 11) is 0. The van der Waals surface area contributed by atoms with Gasteiger partial charge in [0.15, 0.2) is 0 Å². The van der Waals surface area contributed by atoms with Crippen LogP contribution in [0, 0.1) is 6.92 Å². The van der Waals surface area contributed by atoms with Gasteiger partial charge in [-0.05, 0) is 48.4 Å². The lowest BCUT2D eigenvalue weighted by molar-refractivity contribution is 0.0951. The standard InChI is InChI=1S/C15H13BrClNO/c1-10-7-12(5-6-14(10)16)15(19)18-9-11-3-2-4-13(17)8-11/h2-8H,9H2,1H3,(H,18,19). The molecule has 0 aliphatic rings. The summed E-state index contributed by atoms with van der Waals surface area (Å²) in [5.74, 6) is -0.0874. The van der Waals surface area contributed by atoms with Crippen LogP contribution in [0.4, 0.5) is 0 Å². The molecule has 0 atom stereocenters. The fourth-order valence-electron chi connectivity index (χ4n) is 1.72. The summed E-state index contributed by atoms with van der Waals surface area (Å²) in [5, 5.41) is 3.55. The van der Waals surface area contributed by atoms with Crippen molar-refractivity contribution in [1.29, 1.82) is 0 Å². The van der Waals surface area contributed by atoms with Crippen LogP contribution in [0.3, 0.4) is 0 Å². The molecule has 0 saturated heterocycles. The lowest BCUT2D eigenvalue weighted by Crippen LogP contribution is -2.22. The molecular formula is C15H13BrClNO. The third kappa shape index (κ3) is 3.82. The Bertz CT molecular complexity index is 613. The van der Waals surface area contributed by atoms with Gasteiger partial charge in [0.2, 0.25) is 0 Å². The van der Waals surface area contributed by atoms with Crippen molar-refractivity contribution in [2.24, 2.45) is 0 Å². The summed E-state index contributed by atoms with van der Waals surface area (Å²) in [6.07, 6.45) is 0. The van der Waals surface area contributed by atoms with Gasteiger partial charge in [-0.25, -0.2) is 0 Å². The highest BCUT2D eigenvalue weighted by atomic mass is 79.9. The van der Waals surface area contributed by atoms with E-state index in [1.54, 1.807) is 6.07 Å². The molecule has 2 aromatic carbocycles. The Morgan fingerprint density at radius 3 is 2.74 bits per heavy atom. The average molecular weight is 339 g/mol. The van der Waals surface area contributed by atoms with Crippen LogP contribution in [0.25, 0.3) is 0 Å². The zero-order chi connectivity index (χ0) is 13.8. The zero-order valence-corrected chi connectivity index (χ0v) is 12.8. The first-order chi connectivity index (χ1) is 9.06. The van der Waals surface area contributed by atoms with Crippen molar-refractivity contribution in [2.45, 2.75) is 13.5 Å². The predicted molar refractivity (Wildman–Crippen MR) is 81.5 cm³/mol. The van der Waals surface area contributed by atoms with Gasteiger partial charge in [0.1, 0.15) is 0 Å². The molecular weight excluding hydrogens is 326 g/mol. The van der Waals surface area contributed by atoms with Crippen LogP contribution in [0.15, 0.2) is 46.9 Å². The highest BCUT2D eigenvalue weighted by molar-refractivity contribution is 9.10. The Hall–Kier alpha value is -1.32. The fraction of sp³-hybridized carbons (Fsp3) is 0.133. The first-order valence-corrected chi connectivity index (χ1v) is 7.02. The summed E-state index contributed by atoms with van der Waals surface area (Å²) in [4.78, 5) is 12.0.